The van der Waals surface area contributed by atoms with Crippen LogP contribution in [0, 0.1) is 0 Å². The van der Waals surface area contributed by atoms with Gasteiger partial charge < -0.3 is 14.6 Å². The van der Waals surface area contributed by atoms with Gasteiger partial charge in [-0.15, -0.1) is 0 Å². The van der Waals surface area contributed by atoms with E-state index in [2.05, 4.69) is 36.2 Å². The van der Waals surface area contributed by atoms with E-state index >= 15 is 0 Å². The van der Waals surface area contributed by atoms with Gasteiger partial charge in [0.05, 0.1) is 0 Å². The van der Waals surface area contributed by atoms with E-state index in [-0.39, 0.29) is 5.91 Å². The molecule has 0 aliphatic heterocycles. The molecule has 2 aromatic carbocycles. The van der Waals surface area contributed by atoms with Gasteiger partial charge in [-0.2, -0.15) is 0 Å². The van der Waals surface area contributed by atoms with Crippen LogP contribution in [0.25, 0.3) is 11.0 Å². The van der Waals surface area contributed by atoms with Crippen molar-refractivity contribution in [1.82, 2.24) is 5.32 Å². The molecule has 0 saturated heterocycles. The monoisotopic (exact) mass is 322 g/mol. The van der Waals surface area contributed by atoms with E-state index in [4.69, 9.17) is 4.42 Å². The molecule has 1 heterocycles. The van der Waals surface area contributed by atoms with Crippen LogP contribution in [0.3, 0.4) is 0 Å². The van der Waals surface area contributed by atoms with Crippen molar-refractivity contribution in [3.05, 3.63) is 65.9 Å². The lowest BCUT2D eigenvalue weighted by atomic mass is 10.2. The zero-order chi connectivity index (χ0) is 16.9. The van der Waals surface area contributed by atoms with Gasteiger partial charge in [0.15, 0.2) is 5.76 Å². The van der Waals surface area contributed by atoms with Crippen LogP contribution in [-0.4, -0.2) is 19.0 Å². The van der Waals surface area contributed by atoms with Crippen molar-refractivity contribution in [2.45, 2.75) is 20.4 Å². The molecule has 0 atom stereocenters. The first-order valence-electron chi connectivity index (χ1n) is 8.32. The summed E-state index contributed by atoms with van der Waals surface area (Å²) in [5, 5.41) is 3.84. The number of hydrogen-bond donors (Lipinski definition) is 1. The first-order valence-corrected chi connectivity index (χ1v) is 8.32. The van der Waals surface area contributed by atoms with E-state index in [1.165, 1.54) is 5.69 Å². The Morgan fingerprint density at radius 1 is 1.04 bits per heavy atom. The SMILES string of the molecule is CCN(CC)c1ccc(CNC(=O)c2cc3ccccc3o2)cc1. The Balaban J connectivity index is 1.63. The van der Waals surface area contributed by atoms with Gasteiger partial charge in [0.2, 0.25) is 0 Å². The minimum Gasteiger partial charge on any atom is -0.451 e. The summed E-state index contributed by atoms with van der Waals surface area (Å²) in [7, 11) is 0. The number of carbonyl (C=O) groups is 1. The maximum absolute atomic E-state index is 12.2. The van der Waals surface area contributed by atoms with Crippen LogP contribution in [0.2, 0.25) is 0 Å². The first-order chi connectivity index (χ1) is 11.7. The van der Waals surface area contributed by atoms with Crippen molar-refractivity contribution in [3.8, 4) is 0 Å². The highest BCUT2D eigenvalue weighted by Gasteiger charge is 2.11. The van der Waals surface area contributed by atoms with E-state index < -0.39 is 0 Å². The predicted octanol–water partition coefficient (Wildman–Crippen LogP) is 4.21. The fraction of sp³-hybridized carbons (Fsp3) is 0.250. The number of para-hydroxylation sites is 1. The number of nitrogens with one attached hydrogen (secondary N) is 1. The van der Waals surface area contributed by atoms with Gasteiger partial charge in [-0.25, -0.2) is 0 Å². The lowest BCUT2D eigenvalue weighted by Gasteiger charge is -2.21. The normalized spacial score (nSPS) is 10.8. The second-order valence-electron chi connectivity index (χ2n) is 5.67. The number of amides is 1. The summed E-state index contributed by atoms with van der Waals surface area (Å²) in [5.74, 6) is 0.148. The highest BCUT2D eigenvalue weighted by atomic mass is 16.3. The number of fused-ring (bicyclic) bond motifs is 1. The number of carbonyl (C=O) groups excluding carboxylic acids is 1. The summed E-state index contributed by atoms with van der Waals surface area (Å²) in [6, 6.07) is 17.7. The van der Waals surface area contributed by atoms with Crippen LogP contribution in [-0.2, 0) is 6.54 Å². The number of hydrogen-bond acceptors (Lipinski definition) is 3. The van der Waals surface area contributed by atoms with Gasteiger partial charge in [-0.3, -0.25) is 4.79 Å². The third kappa shape index (κ3) is 3.43. The molecule has 0 fully saturated rings. The summed E-state index contributed by atoms with van der Waals surface area (Å²) in [6.45, 7) is 6.74. The molecule has 1 aromatic heterocycles. The first kappa shape index (κ1) is 16.1. The largest absolute Gasteiger partial charge is 0.451 e. The van der Waals surface area contributed by atoms with Gasteiger partial charge in [-0.1, -0.05) is 30.3 Å². The highest BCUT2D eigenvalue weighted by molar-refractivity contribution is 5.96. The number of furan rings is 1. The van der Waals surface area contributed by atoms with Crippen molar-refractivity contribution in [3.63, 3.8) is 0 Å². The van der Waals surface area contributed by atoms with Crippen molar-refractivity contribution in [2.24, 2.45) is 0 Å². The third-order valence-electron chi connectivity index (χ3n) is 4.17. The van der Waals surface area contributed by atoms with Gasteiger partial charge in [-0.05, 0) is 43.7 Å². The minimum atomic E-state index is -0.195. The molecule has 0 aliphatic rings. The average molecular weight is 322 g/mol. The molecule has 3 aromatic rings. The van der Waals surface area contributed by atoms with E-state index in [0.717, 1.165) is 29.6 Å². The fourth-order valence-electron chi connectivity index (χ4n) is 2.78. The van der Waals surface area contributed by atoms with Gasteiger partial charge in [0.1, 0.15) is 5.58 Å². The van der Waals surface area contributed by atoms with E-state index in [1.54, 1.807) is 6.07 Å². The molecule has 0 bridgehead atoms. The molecule has 0 saturated carbocycles. The summed E-state index contributed by atoms with van der Waals surface area (Å²) in [5.41, 5.74) is 2.99. The molecule has 3 rings (SSSR count). The smallest absolute Gasteiger partial charge is 0.287 e. The zero-order valence-electron chi connectivity index (χ0n) is 14.1. The number of nitrogens with zero attached hydrogens (tertiary/aromatic N) is 1. The van der Waals surface area contributed by atoms with Crippen molar-refractivity contribution >= 4 is 22.6 Å². The number of rotatable bonds is 6. The number of benzene rings is 2. The van der Waals surface area contributed by atoms with Crippen LogP contribution < -0.4 is 10.2 Å². The Bertz CT molecular complexity index is 784. The molecule has 0 radical (unpaired) electrons. The molecular formula is C20H22N2O2. The van der Waals surface area contributed by atoms with Crippen LogP contribution in [0.5, 0.6) is 0 Å². The second kappa shape index (κ2) is 7.21. The van der Waals surface area contributed by atoms with Crippen molar-refractivity contribution < 1.29 is 9.21 Å². The fourth-order valence-corrected chi connectivity index (χ4v) is 2.78. The third-order valence-corrected chi connectivity index (χ3v) is 4.17. The molecule has 24 heavy (non-hydrogen) atoms. The Kier molecular flexibility index (Phi) is 4.85. The molecule has 124 valence electrons. The molecule has 1 N–H and O–H groups in total. The average Bonchev–Trinajstić information content (AvgIpc) is 3.06. The maximum atomic E-state index is 12.2. The second-order valence-corrected chi connectivity index (χ2v) is 5.67. The summed E-state index contributed by atoms with van der Waals surface area (Å²) < 4.78 is 5.58. The van der Waals surface area contributed by atoms with Crippen LogP contribution in [0.1, 0.15) is 30.0 Å². The minimum absolute atomic E-state index is 0.195. The Morgan fingerprint density at radius 3 is 2.42 bits per heavy atom. The maximum Gasteiger partial charge on any atom is 0.287 e. The summed E-state index contributed by atoms with van der Waals surface area (Å²) in [6.07, 6.45) is 0. The van der Waals surface area contributed by atoms with Gasteiger partial charge in [0, 0.05) is 30.7 Å². The number of anilines is 1. The molecule has 0 aliphatic carbocycles. The topological polar surface area (TPSA) is 45.5 Å². The van der Waals surface area contributed by atoms with E-state index in [0.29, 0.717) is 12.3 Å². The molecule has 4 nitrogen and oxygen atoms in total. The molecular weight excluding hydrogens is 300 g/mol. The Labute approximate surface area is 142 Å². The lowest BCUT2D eigenvalue weighted by Crippen LogP contribution is -2.23. The molecule has 0 spiro atoms. The Hall–Kier alpha value is -2.75. The molecule has 1 amide bonds. The predicted molar refractivity (Wildman–Crippen MR) is 97.4 cm³/mol. The quantitative estimate of drug-likeness (QED) is 0.739. The lowest BCUT2D eigenvalue weighted by molar-refractivity contribution is 0.0925. The Morgan fingerprint density at radius 2 is 1.75 bits per heavy atom. The zero-order valence-corrected chi connectivity index (χ0v) is 14.1. The summed E-state index contributed by atoms with van der Waals surface area (Å²) >= 11 is 0. The van der Waals surface area contributed by atoms with Crippen molar-refractivity contribution in [2.75, 3.05) is 18.0 Å². The molecule has 4 heteroatoms. The highest BCUT2D eigenvalue weighted by Crippen LogP contribution is 2.19. The molecule has 0 unspecified atom stereocenters. The van der Waals surface area contributed by atoms with Crippen molar-refractivity contribution in [1.29, 1.82) is 0 Å². The van der Waals surface area contributed by atoms with E-state index in [9.17, 15) is 4.79 Å². The van der Waals surface area contributed by atoms with E-state index in [1.807, 2.05) is 36.4 Å². The van der Waals surface area contributed by atoms with Crippen LogP contribution >= 0.6 is 0 Å². The van der Waals surface area contributed by atoms with Gasteiger partial charge >= 0.3 is 0 Å². The van der Waals surface area contributed by atoms with Crippen LogP contribution in [0.15, 0.2) is 59.0 Å². The van der Waals surface area contributed by atoms with Crippen LogP contribution in [0.4, 0.5) is 5.69 Å². The summed E-state index contributed by atoms with van der Waals surface area (Å²) in [4.78, 5) is 14.5. The standard InChI is InChI=1S/C20H22N2O2/c1-3-22(4-2)17-11-9-15(10-12-17)14-21-20(23)19-13-16-7-5-6-8-18(16)24-19/h5-13H,3-4,14H2,1-2H3,(H,21,23). The van der Waals surface area contributed by atoms with Gasteiger partial charge in [0.25, 0.3) is 5.91 Å².